The Morgan fingerprint density at radius 2 is 1.96 bits per heavy atom. The molecular formula is C21H22N2O2. The first-order chi connectivity index (χ1) is 12.2. The number of carboxylic acid groups (broad SMARTS) is 1. The van der Waals surface area contributed by atoms with Gasteiger partial charge in [-0.1, -0.05) is 48.6 Å². The number of nitrogens with zero attached hydrogens (tertiary/aromatic N) is 2. The molecule has 2 aromatic rings. The van der Waals surface area contributed by atoms with E-state index in [0.29, 0.717) is 12.1 Å². The van der Waals surface area contributed by atoms with E-state index in [4.69, 9.17) is 5.11 Å². The fourth-order valence-electron chi connectivity index (χ4n) is 3.09. The van der Waals surface area contributed by atoms with Gasteiger partial charge in [-0.05, 0) is 30.0 Å². The van der Waals surface area contributed by atoms with Crippen molar-refractivity contribution < 1.29 is 9.90 Å². The Hall–Kier alpha value is -2.72. The van der Waals surface area contributed by atoms with Gasteiger partial charge >= 0.3 is 5.97 Å². The lowest BCUT2D eigenvalue weighted by molar-refractivity contribution is -0.133. The summed E-state index contributed by atoms with van der Waals surface area (Å²) in [7, 11) is 0. The van der Waals surface area contributed by atoms with Crippen LogP contribution in [0.2, 0.25) is 0 Å². The molecule has 0 saturated carbocycles. The Bertz CT molecular complexity index is 725. The number of aromatic nitrogens is 1. The van der Waals surface area contributed by atoms with Gasteiger partial charge in [0.1, 0.15) is 0 Å². The van der Waals surface area contributed by atoms with Crippen molar-refractivity contribution in [2.45, 2.75) is 12.8 Å². The number of carbonyl (C=O) groups is 1. The molecule has 1 aliphatic heterocycles. The first-order valence-electron chi connectivity index (χ1n) is 8.54. The Morgan fingerprint density at radius 1 is 1.16 bits per heavy atom. The van der Waals surface area contributed by atoms with Crippen LogP contribution in [0.4, 0.5) is 0 Å². The summed E-state index contributed by atoms with van der Waals surface area (Å²) in [5.74, 6) is -0.805. The normalized spacial score (nSPS) is 15.7. The van der Waals surface area contributed by atoms with Crippen LogP contribution in [0, 0.1) is 0 Å². The second-order valence-electron chi connectivity index (χ2n) is 6.11. The van der Waals surface area contributed by atoms with E-state index in [1.807, 2.05) is 36.5 Å². The summed E-state index contributed by atoms with van der Waals surface area (Å²) >= 11 is 0. The van der Waals surface area contributed by atoms with Crippen LogP contribution in [0.5, 0.6) is 0 Å². The van der Waals surface area contributed by atoms with Crippen LogP contribution in [0.25, 0.3) is 5.57 Å². The van der Waals surface area contributed by atoms with Crippen LogP contribution in [-0.2, 0) is 4.79 Å². The minimum absolute atomic E-state index is 0.505. The highest BCUT2D eigenvalue weighted by Gasteiger charge is 2.16. The molecule has 1 N–H and O–H groups in total. The minimum Gasteiger partial charge on any atom is -0.478 e. The highest BCUT2D eigenvalue weighted by atomic mass is 16.4. The van der Waals surface area contributed by atoms with Crippen molar-refractivity contribution in [1.82, 2.24) is 9.88 Å². The van der Waals surface area contributed by atoms with E-state index >= 15 is 0 Å². The standard InChI is InChI=1S/C21H22N2O2/c24-21(25)19-10-5-13-23(16-19)14-6-11-20(17-7-2-1-3-8-17)18-9-4-12-22-15-18/h1-4,7-12,15H,5-6,13-14,16H2,(H,24,25). The maximum atomic E-state index is 11.1. The molecule has 25 heavy (non-hydrogen) atoms. The van der Waals surface area contributed by atoms with E-state index in [2.05, 4.69) is 34.2 Å². The Balaban J connectivity index is 1.72. The molecule has 0 spiro atoms. The van der Waals surface area contributed by atoms with Crippen LogP contribution < -0.4 is 0 Å². The SMILES string of the molecule is O=C(O)C1=CCCN(CCC=C(c2ccccc2)c2cccnc2)C1. The molecule has 0 atom stereocenters. The molecule has 1 aliphatic rings. The fourth-order valence-corrected chi connectivity index (χ4v) is 3.09. The molecule has 1 aromatic heterocycles. The molecule has 0 aliphatic carbocycles. The molecule has 0 fully saturated rings. The molecule has 0 radical (unpaired) electrons. The van der Waals surface area contributed by atoms with Crippen molar-refractivity contribution in [2.75, 3.05) is 19.6 Å². The van der Waals surface area contributed by atoms with Gasteiger partial charge in [0.2, 0.25) is 0 Å². The Labute approximate surface area is 148 Å². The van der Waals surface area contributed by atoms with E-state index in [1.54, 1.807) is 6.20 Å². The maximum Gasteiger partial charge on any atom is 0.332 e. The molecule has 2 heterocycles. The third-order valence-electron chi connectivity index (χ3n) is 4.36. The maximum absolute atomic E-state index is 11.1. The number of benzene rings is 1. The zero-order valence-corrected chi connectivity index (χ0v) is 14.1. The molecule has 4 nitrogen and oxygen atoms in total. The Morgan fingerprint density at radius 3 is 2.68 bits per heavy atom. The van der Waals surface area contributed by atoms with Crippen LogP contribution in [0.15, 0.2) is 72.6 Å². The number of aliphatic carboxylic acids is 1. The van der Waals surface area contributed by atoms with E-state index in [1.165, 1.54) is 11.1 Å². The minimum atomic E-state index is -0.805. The first kappa shape index (κ1) is 17.1. The number of hydrogen-bond acceptors (Lipinski definition) is 3. The number of rotatable bonds is 6. The number of hydrogen-bond donors (Lipinski definition) is 1. The van der Waals surface area contributed by atoms with Crippen molar-refractivity contribution in [1.29, 1.82) is 0 Å². The van der Waals surface area contributed by atoms with Crippen molar-refractivity contribution in [2.24, 2.45) is 0 Å². The van der Waals surface area contributed by atoms with Gasteiger partial charge in [0.25, 0.3) is 0 Å². The molecule has 128 valence electrons. The lowest BCUT2D eigenvalue weighted by Gasteiger charge is -2.25. The zero-order valence-electron chi connectivity index (χ0n) is 14.1. The van der Waals surface area contributed by atoms with E-state index < -0.39 is 5.97 Å². The third kappa shape index (κ3) is 4.64. The predicted octanol–water partition coefficient (Wildman–Crippen LogP) is 3.62. The monoisotopic (exact) mass is 334 g/mol. The molecular weight excluding hydrogens is 312 g/mol. The molecule has 0 unspecified atom stereocenters. The summed E-state index contributed by atoms with van der Waals surface area (Å²) in [5.41, 5.74) is 3.93. The summed E-state index contributed by atoms with van der Waals surface area (Å²) in [6.07, 6.45) is 9.39. The van der Waals surface area contributed by atoms with Gasteiger partial charge in [0.15, 0.2) is 0 Å². The highest BCUT2D eigenvalue weighted by Crippen LogP contribution is 2.23. The average Bonchev–Trinajstić information content (AvgIpc) is 2.67. The molecule has 3 rings (SSSR count). The van der Waals surface area contributed by atoms with Gasteiger partial charge in [-0.15, -0.1) is 0 Å². The van der Waals surface area contributed by atoms with Gasteiger partial charge in [-0.25, -0.2) is 4.79 Å². The summed E-state index contributed by atoms with van der Waals surface area (Å²) in [6, 6.07) is 14.3. The highest BCUT2D eigenvalue weighted by molar-refractivity contribution is 5.87. The second kappa shape index (κ2) is 8.40. The second-order valence-corrected chi connectivity index (χ2v) is 6.11. The van der Waals surface area contributed by atoms with Crippen LogP contribution in [0.3, 0.4) is 0 Å². The van der Waals surface area contributed by atoms with Crippen LogP contribution >= 0.6 is 0 Å². The molecule has 0 saturated heterocycles. The molecule has 4 heteroatoms. The van der Waals surface area contributed by atoms with Gasteiger partial charge in [0.05, 0.1) is 0 Å². The fraction of sp³-hybridized carbons (Fsp3) is 0.238. The number of pyridine rings is 1. The Kier molecular flexibility index (Phi) is 5.75. The quantitative estimate of drug-likeness (QED) is 0.877. The zero-order chi connectivity index (χ0) is 17.5. The van der Waals surface area contributed by atoms with E-state index in [-0.39, 0.29) is 0 Å². The summed E-state index contributed by atoms with van der Waals surface area (Å²) in [4.78, 5) is 17.6. The topological polar surface area (TPSA) is 53.4 Å². The van der Waals surface area contributed by atoms with E-state index in [0.717, 1.165) is 31.5 Å². The van der Waals surface area contributed by atoms with Crippen molar-refractivity contribution >= 4 is 11.5 Å². The van der Waals surface area contributed by atoms with Crippen molar-refractivity contribution in [3.63, 3.8) is 0 Å². The van der Waals surface area contributed by atoms with Crippen molar-refractivity contribution in [3.8, 4) is 0 Å². The summed E-state index contributed by atoms with van der Waals surface area (Å²) in [6.45, 7) is 2.29. The van der Waals surface area contributed by atoms with Crippen LogP contribution in [0.1, 0.15) is 24.0 Å². The lowest BCUT2D eigenvalue weighted by Crippen LogP contribution is -2.32. The third-order valence-corrected chi connectivity index (χ3v) is 4.36. The summed E-state index contributed by atoms with van der Waals surface area (Å²) in [5, 5.41) is 9.15. The average molecular weight is 334 g/mol. The van der Waals surface area contributed by atoms with Gasteiger partial charge < -0.3 is 5.11 Å². The molecule has 0 amide bonds. The lowest BCUT2D eigenvalue weighted by atomic mass is 9.98. The smallest absolute Gasteiger partial charge is 0.332 e. The van der Waals surface area contributed by atoms with Gasteiger partial charge in [-0.3, -0.25) is 9.88 Å². The largest absolute Gasteiger partial charge is 0.478 e. The molecule has 1 aromatic carbocycles. The van der Waals surface area contributed by atoms with Gasteiger partial charge in [-0.2, -0.15) is 0 Å². The van der Waals surface area contributed by atoms with Gasteiger partial charge in [0, 0.05) is 43.2 Å². The predicted molar refractivity (Wildman–Crippen MR) is 99.2 cm³/mol. The first-order valence-corrected chi connectivity index (χ1v) is 8.54. The summed E-state index contributed by atoms with van der Waals surface area (Å²) < 4.78 is 0. The van der Waals surface area contributed by atoms with Crippen LogP contribution in [-0.4, -0.2) is 40.6 Å². The van der Waals surface area contributed by atoms with Crippen molar-refractivity contribution in [3.05, 3.63) is 83.7 Å². The number of carboxylic acids is 1. The van der Waals surface area contributed by atoms with E-state index in [9.17, 15) is 4.79 Å². The molecule has 0 bridgehead atoms.